The van der Waals surface area contributed by atoms with E-state index in [-0.39, 0.29) is 11.9 Å². The predicted molar refractivity (Wildman–Crippen MR) is 94.4 cm³/mol. The molecule has 1 aromatic carbocycles. The van der Waals surface area contributed by atoms with Crippen molar-refractivity contribution in [2.45, 2.75) is 51.4 Å². The first kappa shape index (κ1) is 17.4. The quantitative estimate of drug-likeness (QED) is 0.760. The summed E-state index contributed by atoms with van der Waals surface area (Å²) in [6.07, 6.45) is 2.67. The molecule has 3 rings (SSSR count). The topological polar surface area (TPSA) is 64.6 Å². The van der Waals surface area contributed by atoms with Crippen molar-refractivity contribution in [3.63, 3.8) is 0 Å². The maximum atomic E-state index is 12.1. The van der Waals surface area contributed by atoms with Crippen LogP contribution >= 0.6 is 0 Å². The summed E-state index contributed by atoms with van der Waals surface area (Å²) < 4.78 is 0. The Morgan fingerprint density at radius 3 is 2.79 bits per heavy atom. The number of carbonyl (C=O) groups is 1. The highest BCUT2D eigenvalue weighted by Crippen LogP contribution is 2.18. The molecule has 132 valence electrons. The number of nitrogens with one attached hydrogen (secondary N) is 2. The zero-order valence-corrected chi connectivity index (χ0v) is 14.5. The monoisotopic (exact) mass is 331 g/mol. The summed E-state index contributed by atoms with van der Waals surface area (Å²) in [4.78, 5) is 14.6. The summed E-state index contributed by atoms with van der Waals surface area (Å²) in [6, 6.07) is 8.21. The van der Waals surface area contributed by atoms with Crippen molar-refractivity contribution in [3.8, 4) is 0 Å². The van der Waals surface area contributed by atoms with Gasteiger partial charge in [0.05, 0.1) is 12.1 Å². The SMILES string of the molecule is CC1CCN(Cc2cccc(CNC(=O)C3CC(O)CN3)c2)CC1. The van der Waals surface area contributed by atoms with Crippen molar-refractivity contribution < 1.29 is 9.90 Å². The number of piperidine rings is 1. The van der Waals surface area contributed by atoms with Gasteiger partial charge in [0.2, 0.25) is 5.91 Å². The Bertz CT molecular complexity index is 555. The lowest BCUT2D eigenvalue weighted by Crippen LogP contribution is -2.40. The molecular weight excluding hydrogens is 302 g/mol. The minimum Gasteiger partial charge on any atom is -0.392 e. The van der Waals surface area contributed by atoms with E-state index in [0.29, 0.717) is 19.5 Å². The average molecular weight is 331 g/mol. The van der Waals surface area contributed by atoms with E-state index in [9.17, 15) is 9.90 Å². The van der Waals surface area contributed by atoms with Crippen LogP contribution in [0.25, 0.3) is 0 Å². The van der Waals surface area contributed by atoms with Crippen LogP contribution in [0.1, 0.15) is 37.3 Å². The fourth-order valence-electron chi connectivity index (χ4n) is 3.55. The molecule has 0 radical (unpaired) electrons. The number of rotatable bonds is 5. The number of β-amino-alcohol motifs (C(OH)–C–C–N with tert-alkyl or cyclic N) is 1. The Hall–Kier alpha value is -1.43. The maximum absolute atomic E-state index is 12.1. The van der Waals surface area contributed by atoms with Crippen LogP contribution in [0.15, 0.2) is 24.3 Å². The first-order chi connectivity index (χ1) is 11.6. The van der Waals surface area contributed by atoms with Crippen molar-refractivity contribution in [2.24, 2.45) is 5.92 Å². The molecule has 1 aromatic rings. The summed E-state index contributed by atoms with van der Waals surface area (Å²) in [5.41, 5.74) is 2.44. The van der Waals surface area contributed by atoms with Crippen molar-refractivity contribution in [1.82, 2.24) is 15.5 Å². The number of likely N-dealkylation sites (tertiary alicyclic amines) is 1. The van der Waals surface area contributed by atoms with Crippen molar-refractivity contribution >= 4 is 5.91 Å². The molecule has 1 amide bonds. The van der Waals surface area contributed by atoms with Crippen LogP contribution in [-0.2, 0) is 17.9 Å². The minimum absolute atomic E-state index is 0.0260. The molecule has 2 aliphatic rings. The third-order valence-corrected chi connectivity index (χ3v) is 5.16. The summed E-state index contributed by atoms with van der Waals surface area (Å²) >= 11 is 0. The van der Waals surface area contributed by atoms with Crippen LogP contribution < -0.4 is 10.6 Å². The number of nitrogens with zero attached hydrogens (tertiary/aromatic N) is 1. The standard InChI is InChI=1S/C19H29N3O2/c1-14-5-7-22(8-6-14)13-16-4-2-3-15(9-16)11-21-19(24)18-10-17(23)12-20-18/h2-4,9,14,17-18,20,23H,5-8,10-13H2,1H3,(H,21,24). The molecule has 24 heavy (non-hydrogen) atoms. The maximum Gasteiger partial charge on any atom is 0.237 e. The van der Waals surface area contributed by atoms with Gasteiger partial charge in [-0.05, 0) is 49.4 Å². The number of aliphatic hydroxyl groups excluding tert-OH is 1. The first-order valence-corrected chi connectivity index (χ1v) is 9.09. The van der Waals surface area contributed by atoms with Gasteiger partial charge in [-0.1, -0.05) is 31.2 Å². The highest BCUT2D eigenvalue weighted by molar-refractivity contribution is 5.82. The molecule has 2 saturated heterocycles. The predicted octanol–water partition coefficient (Wildman–Crippen LogP) is 1.26. The molecule has 0 bridgehead atoms. The second-order valence-electron chi connectivity index (χ2n) is 7.35. The molecule has 0 aromatic heterocycles. The zero-order chi connectivity index (χ0) is 16.9. The van der Waals surface area contributed by atoms with Gasteiger partial charge in [-0.15, -0.1) is 0 Å². The van der Waals surface area contributed by atoms with Gasteiger partial charge >= 0.3 is 0 Å². The lowest BCUT2D eigenvalue weighted by atomic mass is 9.98. The Morgan fingerprint density at radius 2 is 2.08 bits per heavy atom. The molecule has 0 spiro atoms. The number of carbonyl (C=O) groups excluding carboxylic acids is 1. The van der Waals surface area contributed by atoms with Gasteiger partial charge in [0, 0.05) is 19.6 Å². The second kappa shape index (κ2) is 8.10. The minimum atomic E-state index is -0.406. The Kier molecular flexibility index (Phi) is 5.87. The molecule has 3 N–H and O–H groups in total. The van der Waals surface area contributed by atoms with E-state index in [4.69, 9.17) is 0 Å². The normalized spacial score (nSPS) is 25.8. The number of hydrogen-bond donors (Lipinski definition) is 3. The van der Waals surface area contributed by atoms with E-state index in [2.05, 4.69) is 46.7 Å². The average Bonchev–Trinajstić information content (AvgIpc) is 3.02. The van der Waals surface area contributed by atoms with Gasteiger partial charge in [-0.2, -0.15) is 0 Å². The van der Waals surface area contributed by atoms with Gasteiger partial charge in [0.25, 0.3) is 0 Å². The van der Waals surface area contributed by atoms with Crippen LogP contribution in [0.5, 0.6) is 0 Å². The summed E-state index contributed by atoms with van der Waals surface area (Å²) in [5.74, 6) is 0.826. The van der Waals surface area contributed by atoms with Crippen molar-refractivity contribution in [2.75, 3.05) is 19.6 Å². The lowest BCUT2D eigenvalue weighted by Gasteiger charge is -2.30. The van der Waals surface area contributed by atoms with E-state index < -0.39 is 6.10 Å². The lowest BCUT2D eigenvalue weighted by molar-refractivity contribution is -0.123. The number of benzene rings is 1. The van der Waals surface area contributed by atoms with Crippen LogP contribution in [0, 0.1) is 5.92 Å². The van der Waals surface area contributed by atoms with Crippen LogP contribution in [-0.4, -0.2) is 47.7 Å². The Balaban J connectivity index is 1.49. The molecule has 5 heteroatoms. The Morgan fingerprint density at radius 1 is 1.33 bits per heavy atom. The van der Waals surface area contributed by atoms with Crippen LogP contribution in [0.3, 0.4) is 0 Å². The summed E-state index contributed by atoms with van der Waals surface area (Å²) in [5, 5.41) is 15.5. The number of aliphatic hydroxyl groups is 1. The van der Waals surface area contributed by atoms with Gasteiger partial charge in [-0.3, -0.25) is 9.69 Å². The highest BCUT2D eigenvalue weighted by atomic mass is 16.3. The van der Waals surface area contributed by atoms with Crippen LogP contribution in [0.4, 0.5) is 0 Å². The summed E-state index contributed by atoms with van der Waals surface area (Å²) in [6.45, 7) is 6.72. The van der Waals surface area contributed by atoms with E-state index in [1.54, 1.807) is 0 Å². The number of amides is 1. The molecule has 5 nitrogen and oxygen atoms in total. The smallest absolute Gasteiger partial charge is 0.237 e. The largest absolute Gasteiger partial charge is 0.392 e. The molecule has 2 atom stereocenters. The molecule has 2 aliphatic heterocycles. The molecular formula is C19H29N3O2. The third-order valence-electron chi connectivity index (χ3n) is 5.16. The van der Waals surface area contributed by atoms with Crippen molar-refractivity contribution in [3.05, 3.63) is 35.4 Å². The van der Waals surface area contributed by atoms with E-state index in [0.717, 1.165) is 18.0 Å². The van der Waals surface area contributed by atoms with Crippen molar-refractivity contribution in [1.29, 1.82) is 0 Å². The van der Waals surface area contributed by atoms with Gasteiger partial charge in [-0.25, -0.2) is 0 Å². The molecule has 2 unspecified atom stereocenters. The number of hydrogen-bond acceptors (Lipinski definition) is 4. The van der Waals surface area contributed by atoms with E-state index >= 15 is 0 Å². The fourth-order valence-corrected chi connectivity index (χ4v) is 3.55. The van der Waals surface area contributed by atoms with Gasteiger partial charge < -0.3 is 15.7 Å². The second-order valence-corrected chi connectivity index (χ2v) is 7.35. The Labute approximate surface area is 144 Å². The summed E-state index contributed by atoms with van der Waals surface area (Å²) in [7, 11) is 0. The van der Waals surface area contributed by atoms with E-state index in [1.807, 2.05) is 0 Å². The van der Waals surface area contributed by atoms with Crippen LogP contribution in [0.2, 0.25) is 0 Å². The molecule has 2 fully saturated rings. The first-order valence-electron chi connectivity index (χ1n) is 9.09. The van der Waals surface area contributed by atoms with Gasteiger partial charge in [0.15, 0.2) is 0 Å². The zero-order valence-electron chi connectivity index (χ0n) is 14.5. The highest BCUT2D eigenvalue weighted by Gasteiger charge is 2.27. The fraction of sp³-hybridized carbons (Fsp3) is 0.632. The molecule has 0 saturated carbocycles. The van der Waals surface area contributed by atoms with Gasteiger partial charge in [0.1, 0.15) is 0 Å². The molecule has 2 heterocycles. The molecule has 0 aliphatic carbocycles. The van der Waals surface area contributed by atoms with E-state index in [1.165, 1.54) is 31.5 Å². The third kappa shape index (κ3) is 4.79.